The first kappa shape index (κ1) is 29.4. The first-order valence-corrected chi connectivity index (χ1v) is 14.2. The van der Waals surface area contributed by atoms with Gasteiger partial charge >= 0.3 is 0 Å². The smallest absolute Gasteiger partial charge is 0.231 e. The minimum Gasteiger partial charge on any atom is -0.341 e. The summed E-state index contributed by atoms with van der Waals surface area (Å²) in [7, 11) is 0. The zero-order valence-corrected chi connectivity index (χ0v) is 22.9. The fraction of sp³-hybridized carbons (Fsp3) is 0.889. The monoisotopic (exact) mass is 462 g/mol. The first-order chi connectivity index (χ1) is 16.1. The summed E-state index contributed by atoms with van der Waals surface area (Å²) >= 11 is 0. The van der Waals surface area contributed by atoms with Crippen LogP contribution in [-0.2, 0) is 0 Å². The average molecular weight is 463 g/mol. The Balaban J connectivity index is 3.43. The van der Waals surface area contributed by atoms with E-state index < -0.39 is 0 Å². The minimum atomic E-state index is 0.882. The second kappa shape index (κ2) is 18.8. The molecule has 192 valence electrons. The number of unbranched alkanes of at least 4 members (excludes halogenated alkanes) is 6. The second-order valence-corrected chi connectivity index (χ2v) is 9.32. The summed E-state index contributed by atoms with van der Waals surface area (Å²) in [4.78, 5) is 22.5. The molecular weight excluding hydrogens is 408 g/mol. The van der Waals surface area contributed by atoms with Gasteiger partial charge in [-0.15, -0.1) is 0 Å². The summed E-state index contributed by atoms with van der Waals surface area (Å²) in [5.41, 5.74) is 0. The number of hydrogen-bond donors (Lipinski definition) is 0. The fourth-order valence-electron chi connectivity index (χ4n) is 3.80. The molecule has 0 N–H and O–H groups in total. The molecule has 0 unspecified atom stereocenters. The molecule has 0 saturated carbocycles. The van der Waals surface area contributed by atoms with E-state index in [9.17, 15) is 0 Å². The van der Waals surface area contributed by atoms with Gasteiger partial charge in [0.2, 0.25) is 17.8 Å². The number of aromatic nitrogens is 3. The molecular formula is C27H54N6. The van der Waals surface area contributed by atoms with Crippen LogP contribution in [0.1, 0.15) is 119 Å². The van der Waals surface area contributed by atoms with Gasteiger partial charge in [0.05, 0.1) is 0 Å². The van der Waals surface area contributed by atoms with Crippen LogP contribution >= 0.6 is 0 Å². The zero-order valence-electron chi connectivity index (χ0n) is 22.9. The lowest BCUT2D eigenvalue weighted by Crippen LogP contribution is -2.34. The summed E-state index contributed by atoms with van der Waals surface area (Å²) in [6.07, 6.45) is 14.1. The highest BCUT2D eigenvalue weighted by atomic mass is 15.4. The van der Waals surface area contributed by atoms with Gasteiger partial charge in [-0.05, 0) is 38.5 Å². The lowest BCUT2D eigenvalue weighted by molar-refractivity contribution is 0.630. The molecule has 0 aliphatic heterocycles. The highest BCUT2D eigenvalue weighted by Crippen LogP contribution is 2.22. The van der Waals surface area contributed by atoms with E-state index in [1.54, 1.807) is 0 Å². The Kier molecular flexibility index (Phi) is 16.8. The third-order valence-electron chi connectivity index (χ3n) is 6.14. The Bertz CT molecular complexity index is 477. The highest BCUT2D eigenvalue weighted by Gasteiger charge is 2.20. The third kappa shape index (κ3) is 11.4. The Labute approximate surface area is 205 Å². The van der Waals surface area contributed by atoms with Crippen molar-refractivity contribution < 1.29 is 0 Å². The Morgan fingerprint density at radius 2 is 0.545 bits per heavy atom. The van der Waals surface area contributed by atoms with Crippen molar-refractivity contribution in [3.05, 3.63) is 0 Å². The van der Waals surface area contributed by atoms with Crippen molar-refractivity contribution >= 4 is 17.8 Å². The van der Waals surface area contributed by atoms with E-state index in [0.29, 0.717) is 0 Å². The topological polar surface area (TPSA) is 48.4 Å². The molecule has 0 aromatic carbocycles. The van der Waals surface area contributed by atoms with Gasteiger partial charge in [-0.3, -0.25) is 0 Å². The van der Waals surface area contributed by atoms with Crippen LogP contribution in [0, 0.1) is 0 Å². The molecule has 0 aliphatic rings. The van der Waals surface area contributed by atoms with Crippen molar-refractivity contribution in [1.29, 1.82) is 0 Å². The van der Waals surface area contributed by atoms with Gasteiger partial charge in [-0.2, -0.15) is 15.0 Å². The molecule has 0 aliphatic carbocycles. The molecule has 1 aromatic rings. The molecule has 0 spiro atoms. The van der Waals surface area contributed by atoms with Gasteiger partial charge < -0.3 is 14.7 Å². The Morgan fingerprint density at radius 1 is 0.364 bits per heavy atom. The van der Waals surface area contributed by atoms with Crippen molar-refractivity contribution in [2.75, 3.05) is 54.0 Å². The normalized spacial score (nSPS) is 11.1. The summed E-state index contributed by atoms with van der Waals surface area (Å²) < 4.78 is 0. The molecule has 0 amide bonds. The van der Waals surface area contributed by atoms with Gasteiger partial charge in [-0.25, -0.2) is 0 Å². The Morgan fingerprint density at radius 3 is 0.697 bits per heavy atom. The van der Waals surface area contributed by atoms with E-state index in [-0.39, 0.29) is 0 Å². The van der Waals surface area contributed by atoms with Gasteiger partial charge in [0.25, 0.3) is 0 Å². The van der Waals surface area contributed by atoms with Crippen molar-refractivity contribution in [1.82, 2.24) is 15.0 Å². The quantitative estimate of drug-likeness (QED) is 0.194. The molecule has 6 nitrogen and oxygen atoms in total. The maximum absolute atomic E-state index is 5.09. The molecule has 0 atom stereocenters. The molecule has 0 saturated heterocycles. The molecule has 0 bridgehead atoms. The molecule has 1 rings (SSSR count). The van der Waals surface area contributed by atoms with E-state index in [2.05, 4.69) is 56.2 Å². The van der Waals surface area contributed by atoms with E-state index in [0.717, 1.165) is 57.1 Å². The van der Waals surface area contributed by atoms with Crippen LogP contribution in [0.15, 0.2) is 0 Å². The van der Waals surface area contributed by atoms with Crippen LogP contribution in [0.5, 0.6) is 0 Å². The summed E-state index contributed by atoms with van der Waals surface area (Å²) in [6, 6.07) is 0. The van der Waals surface area contributed by atoms with Crippen LogP contribution in [0.25, 0.3) is 0 Å². The SMILES string of the molecule is CCCCN(CCCC)c1nc(N(CCCC)CCCC)nc(N(CCCC)CCCC)n1. The second-order valence-electron chi connectivity index (χ2n) is 9.32. The predicted molar refractivity (Wildman–Crippen MR) is 146 cm³/mol. The zero-order chi connectivity index (χ0) is 24.3. The predicted octanol–water partition coefficient (Wildman–Crippen LogP) is 7.09. The van der Waals surface area contributed by atoms with Crippen LogP contribution in [0.3, 0.4) is 0 Å². The Hall–Kier alpha value is -1.59. The maximum Gasteiger partial charge on any atom is 0.231 e. The van der Waals surface area contributed by atoms with Gasteiger partial charge in [0.1, 0.15) is 0 Å². The summed E-state index contributed by atoms with van der Waals surface area (Å²) in [5, 5.41) is 0. The largest absolute Gasteiger partial charge is 0.341 e. The number of nitrogens with zero attached hydrogens (tertiary/aromatic N) is 6. The number of hydrogen-bond acceptors (Lipinski definition) is 6. The van der Waals surface area contributed by atoms with Crippen LogP contribution < -0.4 is 14.7 Å². The molecule has 1 heterocycles. The van der Waals surface area contributed by atoms with Crippen LogP contribution in [0.4, 0.5) is 17.8 Å². The fourth-order valence-corrected chi connectivity index (χ4v) is 3.80. The maximum atomic E-state index is 5.09. The molecule has 0 radical (unpaired) electrons. The van der Waals surface area contributed by atoms with E-state index >= 15 is 0 Å². The van der Waals surface area contributed by atoms with Crippen molar-refractivity contribution in [3.63, 3.8) is 0 Å². The number of rotatable bonds is 21. The highest BCUT2D eigenvalue weighted by molar-refractivity contribution is 5.46. The summed E-state index contributed by atoms with van der Waals surface area (Å²) in [5.74, 6) is 2.65. The lowest BCUT2D eigenvalue weighted by atomic mass is 10.2. The van der Waals surface area contributed by atoms with Crippen LogP contribution in [-0.4, -0.2) is 54.2 Å². The van der Waals surface area contributed by atoms with Crippen molar-refractivity contribution in [2.45, 2.75) is 119 Å². The van der Waals surface area contributed by atoms with Gasteiger partial charge in [0, 0.05) is 39.3 Å². The standard InChI is InChI=1S/C27H54N6/c1-7-13-19-31(20-14-8-2)25-28-26(32(21-15-9-3)22-16-10-4)30-27(29-25)33(23-17-11-5)24-18-12-6/h7-24H2,1-6H3. The molecule has 33 heavy (non-hydrogen) atoms. The molecule has 0 fully saturated rings. The number of anilines is 3. The lowest BCUT2D eigenvalue weighted by Gasteiger charge is -2.29. The van der Waals surface area contributed by atoms with E-state index in [1.807, 2.05) is 0 Å². The molecule has 6 heteroatoms. The van der Waals surface area contributed by atoms with Gasteiger partial charge in [0.15, 0.2) is 0 Å². The first-order valence-electron chi connectivity index (χ1n) is 14.2. The van der Waals surface area contributed by atoms with Crippen molar-refractivity contribution in [3.8, 4) is 0 Å². The van der Waals surface area contributed by atoms with Crippen molar-refractivity contribution in [2.24, 2.45) is 0 Å². The van der Waals surface area contributed by atoms with E-state index in [1.165, 1.54) is 77.0 Å². The van der Waals surface area contributed by atoms with Gasteiger partial charge in [-0.1, -0.05) is 80.1 Å². The minimum absolute atomic E-state index is 0.882. The van der Waals surface area contributed by atoms with E-state index in [4.69, 9.17) is 15.0 Å². The van der Waals surface area contributed by atoms with Crippen LogP contribution in [0.2, 0.25) is 0 Å². The average Bonchev–Trinajstić information content (AvgIpc) is 2.84. The summed E-state index contributed by atoms with van der Waals surface area (Å²) in [6.45, 7) is 19.7. The molecule has 1 aromatic heterocycles. The third-order valence-corrected chi connectivity index (χ3v) is 6.14.